The van der Waals surface area contributed by atoms with Crippen molar-refractivity contribution in [1.29, 1.82) is 0 Å². The van der Waals surface area contributed by atoms with Crippen LogP contribution in [0.1, 0.15) is 10.6 Å². The smallest absolute Gasteiger partial charge is 0.486 e. The molecule has 30 heavy (non-hydrogen) atoms. The number of aliphatic carboxylic acids is 1. The Balaban J connectivity index is 1.67. The molecule has 0 aliphatic heterocycles. The van der Waals surface area contributed by atoms with E-state index in [1.807, 2.05) is 0 Å². The van der Waals surface area contributed by atoms with E-state index in [-0.39, 0.29) is 17.9 Å². The molecular weight excluding hydrogens is 423 g/mol. The van der Waals surface area contributed by atoms with Crippen LogP contribution in [-0.4, -0.2) is 29.0 Å². The molecule has 1 aromatic heterocycles. The minimum absolute atomic E-state index is 0.113. The first-order chi connectivity index (χ1) is 14.2. The lowest BCUT2D eigenvalue weighted by Gasteiger charge is -2.11. The van der Waals surface area contributed by atoms with Crippen molar-refractivity contribution in [1.82, 2.24) is 4.98 Å². The molecule has 6 nitrogen and oxygen atoms in total. The first-order valence-electron chi connectivity index (χ1n) is 8.59. The monoisotopic (exact) mass is 439 g/mol. The van der Waals surface area contributed by atoms with Crippen molar-refractivity contribution in [2.24, 2.45) is 0 Å². The highest BCUT2D eigenvalue weighted by atomic mass is 32.1. The number of aryl methyl sites for hydroxylation is 1. The number of hydrogen-bond donors (Lipinski definition) is 1. The fraction of sp³-hybridized carbons (Fsp3) is 0.200. The maximum absolute atomic E-state index is 12.6. The van der Waals surface area contributed by atoms with Gasteiger partial charge in [0, 0.05) is 10.9 Å². The van der Waals surface area contributed by atoms with Gasteiger partial charge in [0.15, 0.2) is 6.61 Å². The number of hydrogen-bond acceptors (Lipinski definition) is 6. The fourth-order valence-corrected chi connectivity index (χ4v) is 3.26. The van der Waals surface area contributed by atoms with Crippen molar-refractivity contribution >= 4 is 17.3 Å². The van der Waals surface area contributed by atoms with E-state index < -0.39 is 18.9 Å². The lowest BCUT2D eigenvalue weighted by molar-refractivity contribution is -0.274. The summed E-state index contributed by atoms with van der Waals surface area (Å²) in [5, 5.41) is 10.9. The van der Waals surface area contributed by atoms with Crippen molar-refractivity contribution < 1.29 is 37.3 Å². The molecule has 0 atom stereocenters. The molecule has 0 aliphatic carbocycles. The Labute approximate surface area is 173 Å². The molecule has 0 amide bonds. The van der Waals surface area contributed by atoms with Crippen LogP contribution in [-0.2, 0) is 11.4 Å². The zero-order chi connectivity index (χ0) is 21.7. The van der Waals surface area contributed by atoms with Gasteiger partial charge in [-0.3, -0.25) is 0 Å². The summed E-state index contributed by atoms with van der Waals surface area (Å²) in [6.45, 7) is 1.42. The van der Waals surface area contributed by atoms with Crippen LogP contribution in [0.5, 0.6) is 17.2 Å². The highest BCUT2D eigenvalue weighted by Gasteiger charge is 2.32. The van der Waals surface area contributed by atoms with Gasteiger partial charge in [-0.25, -0.2) is 9.78 Å². The molecule has 3 rings (SSSR count). The second-order valence-corrected chi connectivity index (χ2v) is 7.01. The molecule has 0 aliphatic rings. The molecule has 0 unspecified atom stereocenters. The largest absolute Gasteiger partial charge is 0.573 e. The number of halogens is 3. The third-order valence-electron chi connectivity index (χ3n) is 3.80. The van der Waals surface area contributed by atoms with Crippen molar-refractivity contribution in [3.05, 3.63) is 58.4 Å². The Hall–Kier alpha value is -3.27. The highest BCUT2D eigenvalue weighted by Crippen LogP contribution is 2.34. The summed E-state index contributed by atoms with van der Waals surface area (Å²) in [7, 11) is 0. The van der Waals surface area contributed by atoms with Crippen LogP contribution in [0.3, 0.4) is 0 Å². The molecule has 1 N–H and O–H groups in total. The number of rotatable bonds is 8. The van der Waals surface area contributed by atoms with Crippen LogP contribution in [0.2, 0.25) is 0 Å². The maximum atomic E-state index is 12.6. The fourth-order valence-electron chi connectivity index (χ4n) is 2.55. The van der Waals surface area contributed by atoms with E-state index >= 15 is 0 Å². The first-order valence-corrected chi connectivity index (χ1v) is 9.47. The van der Waals surface area contributed by atoms with Crippen LogP contribution < -0.4 is 14.2 Å². The molecule has 1 heterocycles. The Kier molecular flexibility index (Phi) is 6.46. The van der Waals surface area contributed by atoms with E-state index in [0.29, 0.717) is 27.8 Å². The van der Waals surface area contributed by atoms with Crippen molar-refractivity contribution in [3.63, 3.8) is 0 Å². The molecule has 0 saturated heterocycles. The van der Waals surface area contributed by atoms with Crippen LogP contribution in [0.25, 0.3) is 11.3 Å². The van der Waals surface area contributed by atoms with Crippen LogP contribution in [0, 0.1) is 6.92 Å². The van der Waals surface area contributed by atoms with Crippen LogP contribution in [0.15, 0.2) is 47.8 Å². The summed E-state index contributed by atoms with van der Waals surface area (Å²) in [4.78, 5) is 14.9. The first kappa shape index (κ1) is 21.4. The Bertz CT molecular complexity index is 1040. The number of carboxylic acids is 1. The topological polar surface area (TPSA) is 77.9 Å². The van der Waals surface area contributed by atoms with Crippen molar-refractivity contribution in [2.75, 3.05) is 6.61 Å². The third kappa shape index (κ3) is 5.86. The van der Waals surface area contributed by atoms with Crippen LogP contribution >= 0.6 is 11.3 Å². The summed E-state index contributed by atoms with van der Waals surface area (Å²) < 4.78 is 52.7. The van der Waals surface area contributed by atoms with Gasteiger partial charge < -0.3 is 19.3 Å². The number of carboxylic acid groups (broad SMARTS) is 1. The molecule has 2 aromatic carbocycles. The number of nitrogens with zero attached hydrogens (tertiary/aromatic N) is 1. The number of carbonyl (C=O) groups is 1. The van der Waals surface area contributed by atoms with Crippen LogP contribution in [0.4, 0.5) is 13.2 Å². The number of ether oxygens (including phenoxy) is 3. The SMILES string of the molecule is Cc1cc(OCc2nc(-c3ccccc3OC(F)(F)F)cs2)ccc1OCC(=O)O. The van der Waals surface area contributed by atoms with E-state index in [2.05, 4.69) is 9.72 Å². The summed E-state index contributed by atoms with van der Waals surface area (Å²) >= 11 is 1.25. The van der Waals surface area contributed by atoms with Gasteiger partial charge in [-0.1, -0.05) is 12.1 Å². The van der Waals surface area contributed by atoms with Gasteiger partial charge >= 0.3 is 12.3 Å². The Morgan fingerprint density at radius 2 is 1.90 bits per heavy atom. The number of alkyl halides is 3. The number of benzene rings is 2. The summed E-state index contributed by atoms with van der Waals surface area (Å²) in [5.74, 6) is -0.442. The number of aromatic nitrogens is 1. The van der Waals surface area contributed by atoms with Gasteiger partial charge in [-0.15, -0.1) is 24.5 Å². The molecule has 158 valence electrons. The molecule has 0 bridgehead atoms. The Morgan fingerprint density at radius 3 is 2.60 bits per heavy atom. The second-order valence-electron chi connectivity index (χ2n) is 6.07. The summed E-state index contributed by atoms with van der Waals surface area (Å²) in [5.41, 5.74) is 1.28. The van der Waals surface area contributed by atoms with Gasteiger partial charge in [-0.2, -0.15) is 0 Å². The van der Waals surface area contributed by atoms with E-state index in [1.54, 1.807) is 36.6 Å². The normalized spacial score (nSPS) is 11.2. The molecular formula is C20H16F3NO5S. The predicted molar refractivity (Wildman–Crippen MR) is 103 cm³/mol. The zero-order valence-corrected chi connectivity index (χ0v) is 16.4. The van der Waals surface area contributed by atoms with Gasteiger partial charge in [0.25, 0.3) is 0 Å². The van der Waals surface area contributed by atoms with Crippen molar-refractivity contribution in [3.8, 4) is 28.5 Å². The van der Waals surface area contributed by atoms with Crippen molar-refractivity contribution in [2.45, 2.75) is 19.9 Å². The molecule has 3 aromatic rings. The predicted octanol–water partition coefficient (Wildman–Crippen LogP) is 5.06. The van der Waals surface area contributed by atoms with E-state index in [0.717, 1.165) is 0 Å². The standard InChI is InChI=1S/C20H16F3NO5S/c1-12-8-13(6-7-16(12)28-10-19(25)26)27-9-18-24-15(11-30-18)14-4-2-3-5-17(14)29-20(21,22)23/h2-8,11H,9-10H2,1H3,(H,25,26). The molecule has 10 heteroatoms. The van der Waals surface area contributed by atoms with Gasteiger partial charge in [0.05, 0.1) is 5.69 Å². The van der Waals surface area contributed by atoms with Gasteiger partial charge in [-0.05, 0) is 42.8 Å². The summed E-state index contributed by atoms with van der Waals surface area (Å²) in [6, 6.07) is 10.7. The van der Waals surface area contributed by atoms with Gasteiger partial charge in [0.2, 0.25) is 0 Å². The maximum Gasteiger partial charge on any atom is 0.573 e. The quantitative estimate of drug-likeness (QED) is 0.529. The number of thiazole rings is 1. The summed E-state index contributed by atoms with van der Waals surface area (Å²) in [6.07, 6.45) is -4.80. The number of para-hydroxylation sites is 1. The van der Waals surface area contributed by atoms with E-state index in [9.17, 15) is 18.0 Å². The average Bonchev–Trinajstić information content (AvgIpc) is 3.13. The highest BCUT2D eigenvalue weighted by molar-refractivity contribution is 7.09. The lowest BCUT2D eigenvalue weighted by atomic mass is 10.1. The third-order valence-corrected chi connectivity index (χ3v) is 4.62. The average molecular weight is 439 g/mol. The Morgan fingerprint density at radius 1 is 1.13 bits per heavy atom. The minimum Gasteiger partial charge on any atom is -0.486 e. The van der Waals surface area contributed by atoms with E-state index in [4.69, 9.17) is 14.6 Å². The molecule has 0 radical (unpaired) electrons. The molecule has 0 spiro atoms. The second kappa shape index (κ2) is 9.04. The van der Waals surface area contributed by atoms with E-state index in [1.165, 1.54) is 29.5 Å². The lowest BCUT2D eigenvalue weighted by Crippen LogP contribution is -2.17. The minimum atomic E-state index is -4.80. The molecule has 0 fully saturated rings. The van der Waals surface area contributed by atoms with Gasteiger partial charge in [0.1, 0.15) is 28.9 Å². The zero-order valence-electron chi connectivity index (χ0n) is 15.6. The molecule has 0 saturated carbocycles.